The van der Waals surface area contributed by atoms with E-state index in [1.165, 1.54) is 0 Å². The zero-order chi connectivity index (χ0) is 12.3. The van der Waals surface area contributed by atoms with Crippen molar-refractivity contribution in [1.29, 1.82) is 5.26 Å². The molecule has 1 aliphatic heterocycles. The van der Waals surface area contributed by atoms with Crippen molar-refractivity contribution < 1.29 is 4.79 Å². The average Bonchev–Trinajstić information content (AvgIpc) is 2.33. The average molecular weight is 229 g/mol. The summed E-state index contributed by atoms with van der Waals surface area (Å²) in [6.45, 7) is 3.41. The number of carbonyl (C=O) groups is 1. The van der Waals surface area contributed by atoms with E-state index in [-0.39, 0.29) is 18.4 Å². The lowest BCUT2D eigenvalue weighted by molar-refractivity contribution is -0.123. The molecule has 1 aromatic rings. The number of rotatable bonds is 2. The van der Waals surface area contributed by atoms with Crippen LogP contribution in [0.5, 0.6) is 0 Å². The number of benzene rings is 1. The number of nitrogens with zero attached hydrogens (tertiary/aromatic N) is 2. The number of aryl methyl sites for hydroxylation is 1. The van der Waals surface area contributed by atoms with E-state index in [1.54, 1.807) is 0 Å². The molecule has 17 heavy (non-hydrogen) atoms. The normalized spacial score (nSPS) is 19.6. The van der Waals surface area contributed by atoms with Crippen LogP contribution in [0.15, 0.2) is 24.3 Å². The van der Waals surface area contributed by atoms with Gasteiger partial charge in [-0.3, -0.25) is 4.79 Å². The number of hydrogen-bond acceptors (Lipinski definition) is 3. The van der Waals surface area contributed by atoms with Crippen LogP contribution in [0.3, 0.4) is 0 Å². The Morgan fingerprint density at radius 2 is 2.29 bits per heavy atom. The molecule has 0 spiro atoms. The van der Waals surface area contributed by atoms with Crippen LogP contribution in [0.4, 0.5) is 5.69 Å². The summed E-state index contributed by atoms with van der Waals surface area (Å²) >= 11 is 0. The Balaban J connectivity index is 2.32. The number of anilines is 1. The number of para-hydroxylation sites is 1. The van der Waals surface area contributed by atoms with Gasteiger partial charge in [0.15, 0.2) is 0 Å². The van der Waals surface area contributed by atoms with Crippen molar-refractivity contribution in [1.82, 2.24) is 5.32 Å². The standard InChI is InChI=1S/C13H15N3O/c1-10-4-2-3-5-11(10)16-9-8-15-13(17)12(16)6-7-14/h2-5,12H,6,8-9H2,1H3,(H,15,17). The van der Waals surface area contributed by atoms with Crippen molar-refractivity contribution in [3.8, 4) is 6.07 Å². The molecule has 0 radical (unpaired) electrons. The van der Waals surface area contributed by atoms with Crippen molar-refractivity contribution >= 4 is 11.6 Å². The molecule has 1 N–H and O–H groups in total. The molecule has 0 saturated carbocycles. The molecule has 4 heteroatoms. The van der Waals surface area contributed by atoms with Gasteiger partial charge in [-0.05, 0) is 18.6 Å². The summed E-state index contributed by atoms with van der Waals surface area (Å²) in [5.41, 5.74) is 2.17. The highest BCUT2D eigenvalue weighted by Crippen LogP contribution is 2.23. The van der Waals surface area contributed by atoms with E-state index in [0.717, 1.165) is 17.8 Å². The molecule has 0 bridgehead atoms. The van der Waals surface area contributed by atoms with Gasteiger partial charge in [0.2, 0.25) is 5.91 Å². The maximum absolute atomic E-state index is 11.8. The Kier molecular flexibility index (Phi) is 3.29. The zero-order valence-electron chi connectivity index (χ0n) is 9.81. The monoisotopic (exact) mass is 229 g/mol. The number of nitrogens with one attached hydrogen (secondary N) is 1. The second-order valence-electron chi connectivity index (χ2n) is 4.15. The summed E-state index contributed by atoms with van der Waals surface area (Å²) in [6, 6.07) is 9.67. The van der Waals surface area contributed by atoms with Crippen LogP contribution >= 0.6 is 0 Å². The fraction of sp³-hybridized carbons (Fsp3) is 0.385. The van der Waals surface area contributed by atoms with E-state index in [9.17, 15) is 4.79 Å². The molecule has 0 aromatic heterocycles. The number of amides is 1. The molecule has 1 unspecified atom stereocenters. The van der Waals surface area contributed by atoms with Crippen molar-refractivity contribution in [2.45, 2.75) is 19.4 Å². The second-order valence-corrected chi connectivity index (χ2v) is 4.15. The molecular weight excluding hydrogens is 214 g/mol. The van der Waals surface area contributed by atoms with Gasteiger partial charge in [-0.2, -0.15) is 5.26 Å². The van der Waals surface area contributed by atoms with E-state index in [1.807, 2.05) is 36.1 Å². The minimum absolute atomic E-state index is 0.0546. The summed E-state index contributed by atoms with van der Waals surface area (Å²) < 4.78 is 0. The largest absolute Gasteiger partial charge is 0.357 e. The molecule has 1 aliphatic rings. The van der Waals surface area contributed by atoms with Gasteiger partial charge in [0.1, 0.15) is 6.04 Å². The zero-order valence-corrected chi connectivity index (χ0v) is 9.81. The Morgan fingerprint density at radius 3 is 3.00 bits per heavy atom. The van der Waals surface area contributed by atoms with E-state index in [0.29, 0.717) is 6.54 Å². The highest BCUT2D eigenvalue weighted by Gasteiger charge is 2.30. The van der Waals surface area contributed by atoms with Crippen molar-refractivity contribution in [3.05, 3.63) is 29.8 Å². The van der Waals surface area contributed by atoms with Crippen molar-refractivity contribution in [2.24, 2.45) is 0 Å². The summed E-state index contributed by atoms with van der Waals surface area (Å²) in [5.74, 6) is -0.0546. The Morgan fingerprint density at radius 1 is 1.53 bits per heavy atom. The summed E-state index contributed by atoms with van der Waals surface area (Å²) in [7, 11) is 0. The van der Waals surface area contributed by atoms with Crippen molar-refractivity contribution in [2.75, 3.05) is 18.0 Å². The highest BCUT2D eigenvalue weighted by molar-refractivity contribution is 5.87. The molecule has 1 amide bonds. The Labute approximate surface area is 101 Å². The molecule has 1 fully saturated rings. The van der Waals surface area contributed by atoms with Gasteiger partial charge < -0.3 is 10.2 Å². The van der Waals surface area contributed by atoms with Gasteiger partial charge in [-0.1, -0.05) is 18.2 Å². The van der Waals surface area contributed by atoms with E-state index in [2.05, 4.69) is 11.4 Å². The quantitative estimate of drug-likeness (QED) is 0.829. The van der Waals surface area contributed by atoms with Crippen LogP contribution in [-0.2, 0) is 4.79 Å². The molecule has 2 rings (SSSR count). The SMILES string of the molecule is Cc1ccccc1N1CCNC(=O)C1CC#N. The maximum Gasteiger partial charge on any atom is 0.243 e. The minimum Gasteiger partial charge on any atom is -0.357 e. The lowest BCUT2D eigenvalue weighted by Crippen LogP contribution is -2.55. The minimum atomic E-state index is -0.366. The molecular formula is C13H15N3O. The fourth-order valence-corrected chi connectivity index (χ4v) is 2.18. The predicted molar refractivity (Wildman–Crippen MR) is 65.6 cm³/mol. The van der Waals surface area contributed by atoms with Crippen LogP contribution in [0.1, 0.15) is 12.0 Å². The first kappa shape index (κ1) is 11.5. The van der Waals surface area contributed by atoms with Gasteiger partial charge in [0, 0.05) is 18.8 Å². The van der Waals surface area contributed by atoms with Gasteiger partial charge in [-0.25, -0.2) is 0 Å². The Bertz CT molecular complexity index is 464. The van der Waals surface area contributed by atoms with Gasteiger partial charge in [-0.15, -0.1) is 0 Å². The molecule has 1 saturated heterocycles. The van der Waals surface area contributed by atoms with Crippen LogP contribution in [0.25, 0.3) is 0 Å². The highest BCUT2D eigenvalue weighted by atomic mass is 16.2. The van der Waals surface area contributed by atoms with E-state index in [4.69, 9.17) is 5.26 Å². The topological polar surface area (TPSA) is 56.1 Å². The summed E-state index contributed by atoms with van der Waals surface area (Å²) in [5, 5.41) is 11.6. The molecule has 88 valence electrons. The maximum atomic E-state index is 11.8. The fourth-order valence-electron chi connectivity index (χ4n) is 2.18. The first-order valence-electron chi connectivity index (χ1n) is 5.71. The van der Waals surface area contributed by atoms with Gasteiger partial charge in [0.25, 0.3) is 0 Å². The smallest absolute Gasteiger partial charge is 0.243 e. The van der Waals surface area contributed by atoms with Gasteiger partial charge in [0.05, 0.1) is 12.5 Å². The van der Waals surface area contributed by atoms with Gasteiger partial charge >= 0.3 is 0 Å². The molecule has 4 nitrogen and oxygen atoms in total. The molecule has 1 atom stereocenters. The molecule has 1 aromatic carbocycles. The number of carbonyl (C=O) groups excluding carboxylic acids is 1. The lowest BCUT2D eigenvalue weighted by Gasteiger charge is -2.36. The molecule has 1 heterocycles. The number of nitriles is 1. The van der Waals surface area contributed by atoms with Crippen LogP contribution in [0, 0.1) is 18.3 Å². The van der Waals surface area contributed by atoms with Crippen LogP contribution in [0.2, 0.25) is 0 Å². The van der Waals surface area contributed by atoms with E-state index >= 15 is 0 Å². The van der Waals surface area contributed by atoms with Crippen LogP contribution in [-0.4, -0.2) is 25.0 Å². The number of piperazine rings is 1. The lowest BCUT2D eigenvalue weighted by atomic mass is 10.1. The van der Waals surface area contributed by atoms with Crippen LogP contribution < -0.4 is 10.2 Å². The third kappa shape index (κ3) is 2.23. The first-order valence-corrected chi connectivity index (χ1v) is 5.71. The summed E-state index contributed by atoms with van der Waals surface area (Å²) in [4.78, 5) is 13.8. The molecule has 0 aliphatic carbocycles. The first-order chi connectivity index (χ1) is 8.24. The third-order valence-electron chi connectivity index (χ3n) is 3.04. The Hall–Kier alpha value is -2.02. The van der Waals surface area contributed by atoms with E-state index < -0.39 is 0 Å². The second kappa shape index (κ2) is 4.88. The summed E-state index contributed by atoms with van der Waals surface area (Å²) in [6.07, 6.45) is 0.222. The van der Waals surface area contributed by atoms with Crippen molar-refractivity contribution in [3.63, 3.8) is 0 Å². The number of hydrogen-bond donors (Lipinski definition) is 1. The predicted octanol–water partition coefficient (Wildman–Crippen LogP) is 1.21. The third-order valence-corrected chi connectivity index (χ3v) is 3.04.